The number of benzene rings is 3. The first kappa shape index (κ1) is 28.3. The van der Waals surface area contributed by atoms with Crippen molar-refractivity contribution in [2.45, 2.75) is 16.1 Å². The van der Waals surface area contributed by atoms with Gasteiger partial charge in [0.2, 0.25) is 10.9 Å². The summed E-state index contributed by atoms with van der Waals surface area (Å²) in [6.45, 7) is 3.95. The fraction of sp³-hybridized carbons (Fsp3) is 0.125. The fourth-order valence-corrected chi connectivity index (χ4v) is 6.62. The summed E-state index contributed by atoms with van der Waals surface area (Å²) in [6.07, 6.45) is 1.62. The summed E-state index contributed by atoms with van der Waals surface area (Å²) in [6, 6.07) is 22.7. The predicted molar refractivity (Wildman–Crippen MR) is 165 cm³/mol. The molecule has 0 saturated heterocycles. The summed E-state index contributed by atoms with van der Waals surface area (Å²) in [5, 5.41) is 20.7. The lowest BCUT2D eigenvalue weighted by molar-refractivity contribution is -0.117. The molecule has 3 aromatic carbocycles. The highest BCUT2D eigenvalue weighted by Gasteiger charge is 2.47. The average molecular weight is 612 g/mol. The lowest BCUT2D eigenvalue weighted by atomic mass is 9.95. The van der Waals surface area contributed by atoms with Gasteiger partial charge >= 0.3 is 0 Å². The highest BCUT2D eigenvalue weighted by molar-refractivity contribution is 8.00. The molecule has 1 aliphatic rings. The van der Waals surface area contributed by atoms with Gasteiger partial charge in [0, 0.05) is 11.1 Å². The number of carbonyl (C=O) groups is 2. The number of carbonyl (C=O) groups excluding carboxylic acids is 2. The second kappa shape index (κ2) is 12.2. The normalized spacial score (nSPS) is 14.9. The molecule has 2 aromatic heterocycles. The van der Waals surface area contributed by atoms with E-state index in [1.165, 1.54) is 35.1 Å². The van der Waals surface area contributed by atoms with Crippen LogP contribution in [0.3, 0.4) is 0 Å². The molecule has 5 aromatic rings. The minimum absolute atomic E-state index is 0.0452. The summed E-state index contributed by atoms with van der Waals surface area (Å²) in [5.41, 5.74) is 1.89. The number of furan rings is 1. The number of amides is 1. The maximum Gasteiger partial charge on any atom is 0.296 e. The van der Waals surface area contributed by atoms with Crippen LogP contribution in [0.25, 0.3) is 11.0 Å². The molecule has 1 N–H and O–H groups in total. The minimum Gasteiger partial charge on any atom is -0.503 e. The van der Waals surface area contributed by atoms with Gasteiger partial charge in [-0.15, -0.1) is 10.2 Å². The first-order valence-electron chi connectivity index (χ1n) is 13.2. The average Bonchev–Trinajstić information content (AvgIpc) is 3.75. The standard InChI is InChI=1S/C32H25N3O6S2/c1-3-15-40-22-13-7-11-20(16-22)26-25(27(36)24-17-21-12-8-14-23(39-2)29(21)41-24)28(37)30(38)35(26)31-33-34-32(43-31)42-18-19-9-5-4-6-10-19/h3-14,16-17,26,37H,1,15,18H2,2H3. The number of aliphatic hydroxyl groups excluding tert-OH is 1. The zero-order valence-electron chi connectivity index (χ0n) is 22.9. The van der Waals surface area contributed by atoms with Gasteiger partial charge in [-0.25, -0.2) is 0 Å². The number of ketones is 1. The second-order valence-electron chi connectivity index (χ2n) is 9.46. The van der Waals surface area contributed by atoms with E-state index in [1.807, 2.05) is 30.3 Å². The molecule has 0 bridgehead atoms. The van der Waals surface area contributed by atoms with E-state index >= 15 is 0 Å². The maximum absolute atomic E-state index is 14.0. The number of rotatable bonds is 11. The van der Waals surface area contributed by atoms with Crippen molar-refractivity contribution in [2.75, 3.05) is 18.6 Å². The molecule has 11 heteroatoms. The van der Waals surface area contributed by atoms with Crippen LogP contribution >= 0.6 is 23.1 Å². The molecular formula is C32H25N3O6S2. The maximum atomic E-state index is 14.0. The molecule has 0 aliphatic carbocycles. The lowest BCUT2D eigenvalue weighted by Gasteiger charge is -2.24. The van der Waals surface area contributed by atoms with Crippen LogP contribution in [-0.2, 0) is 10.5 Å². The number of ether oxygens (including phenoxy) is 2. The summed E-state index contributed by atoms with van der Waals surface area (Å²) < 4.78 is 17.7. The third kappa shape index (κ3) is 5.52. The number of hydrogen-bond donors (Lipinski definition) is 1. The van der Waals surface area contributed by atoms with Crippen molar-refractivity contribution in [1.29, 1.82) is 0 Å². The van der Waals surface area contributed by atoms with Gasteiger partial charge in [-0.3, -0.25) is 14.5 Å². The lowest BCUT2D eigenvalue weighted by Crippen LogP contribution is -2.31. The number of thioether (sulfide) groups is 1. The first-order valence-corrected chi connectivity index (χ1v) is 15.0. The summed E-state index contributed by atoms with van der Waals surface area (Å²) >= 11 is 2.68. The van der Waals surface area contributed by atoms with E-state index in [0.717, 1.165) is 5.56 Å². The third-order valence-corrected chi connectivity index (χ3v) is 8.88. The van der Waals surface area contributed by atoms with Gasteiger partial charge in [0.1, 0.15) is 12.4 Å². The Bertz CT molecular complexity index is 1860. The Morgan fingerprint density at radius 3 is 2.72 bits per heavy atom. The van der Waals surface area contributed by atoms with Crippen molar-refractivity contribution in [3.63, 3.8) is 0 Å². The zero-order chi connectivity index (χ0) is 29.9. The van der Waals surface area contributed by atoms with Gasteiger partial charge in [-0.2, -0.15) is 0 Å². The van der Waals surface area contributed by atoms with Crippen molar-refractivity contribution < 1.29 is 28.6 Å². The van der Waals surface area contributed by atoms with Crippen LogP contribution in [0.5, 0.6) is 11.5 Å². The van der Waals surface area contributed by atoms with E-state index in [1.54, 1.807) is 54.6 Å². The van der Waals surface area contributed by atoms with Gasteiger partial charge < -0.3 is 19.0 Å². The number of Topliss-reactive ketones (excluding diaryl/α,β-unsaturated/α-hetero) is 1. The van der Waals surface area contributed by atoms with Gasteiger partial charge in [-0.1, -0.05) is 90.4 Å². The Balaban J connectivity index is 1.39. The largest absolute Gasteiger partial charge is 0.503 e. The summed E-state index contributed by atoms with van der Waals surface area (Å²) in [5.74, 6) is -0.514. The van der Waals surface area contributed by atoms with E-state index < -0.39 is 23.5 Å². The molecule has 1 unspecified atom stereocenters. The molecule has 0 radical (unpaired) electrons. The van der Waals surface area contributed by atoms with Crippen LogP contribution in [-0.4, -0.2) is 40.7 Å². The summed E-state index contributed by atoms with van der Waals surface area (Å²) in [7, 11) is 1.51. The van der Waals surface area contributed by atoms with E-state index in [9.17, 15) is 14.7 Å². The molecule has 216 valence electrons. The van der Waals surface area contributed by atoms with Crippen LogP contribution < -0.4 is 14.4 Å². The molecular weight excluding hydrogens is 587 g/mol. The second-order valence-corrected chi connectivity index (χ2v) is 11.6. The van der Waals surface area contributed by atoms with Crippen molar-refractivity contribution in [3.8, 4) is 11.5 Å². The third-order valence-electron chi connectivity index (χ3n) is 6.75. The Kier molecular flexibility index (Phi) is 7.99. The molecule has 0 fully saturated rings. The fourth-order valence-electron chi connectivity index (χ4n) is 4.80. The molecule has 1 amide bonds. The molecule has 43 heavy (non-hydrogen) atoms. The number of fused-ring (bicyclic) bond motifs is 1. The molecule has 0 spiro atoms. The number of nitrogens with zero attached hydrogens (tertiary/aromatic N) is 3. The smallest absolute Gasteiger partial charge is 0.296 e. The highest BCUT2D eigenvalue weighted by Crippen LogP contribution is 2.45. The van der Waals surface area contributed by atoms with E-state index in [4.69, 9.17) is 13.9 Å². The first-order chi connectivity index (χ1) is 21.0. The van der Waals surface area contributed by atoms with Crippen molar-refractivity contribution in [2.24, 2.45) is 0 Å². The number of hydrogen-bond acceptors (Lipinski definition) is 10. The van der Waals surface area contributed by atoms with Crippen LogP contribution in [0.4, 0.5) is 5.13 Å². The van der Waals surface area contributed by atoms with Gasteiger partial charge in [-0.05, 0) is 35.4 Å². The zero-order valence-corrected chi connectivity index (χ0v) is 24.6. The number of methoxy groups -OCH3 is 1. The molecule has 3 heterocycles. The monoisotopic (exact) mass is 611 g/mol. The van der Waals surface area contributed by atoms with E-state index in [-0.39, 0.29) is 23.1 Å². The van der Waals surface area contributed by atoms with Crippen molar-refractivity contribution in [3.05, 3.63) is 120 Å². The number of para-hydroxylation sites is 1. The van der Waals surface area contributed by atoms with Crippen LogP contribution in [0, 0.1) is 0 Å². The molecule has 9 nitrogen and oxygen atoms in total. The molecule has 1 atom stereocenters. The molecule has 1 aliphatic heterocycles. The van der Waals surface area contributed by atoms with Crippen molar-refractivity contribution >= 4 is 50.9 Å². The van der Waals surface area contributed by atoms with Crippen LogP contribution in [0.15, 0.2) is 112 Å². The van der Waals surface area contributed by atoms with Crippen molar-refractivity contribution in [1.82, 2.24) is 10.2 Å². The Hall–Kier alpha value is -4.87. The number of aliphatic hydroxyl groups is 1. The van der Waals surface area contributed by atoms with Gasteiger partial charge in [0.25, 0.3) is 5.91 Å². The van der Waals surface area contributed by atoms with Crippen LogP contribution in [0.1, 0.15) is 27.7 Å². The van der Waals surface area contributed by atoms with Gasteiger partial charge in [0.15, 0.2) is 27.2 Å². The SMILES string of the molecule is C=CCOc1cccc(C2C(C(=O)c3cc4cccc(OC)c4o3)=C(O)C(=O)N2c2nnc(SCc3ccccc3)s2)c1. The van der Waals surface area contributed by atoms with Crippen LogP contribution in [0.2, 0.25) is 0 Å². The van der Waals surface area contributed by atoms with E-state index in [0.29, 0.717) is 38.1 Å². The predicted octanol–water partition coefficient (Wildman–Crippen LogP) is 6.93. The summed E-state index contributed by atoms with van der Waals surface area (Å²) in [4.78, 5) is 29.0. The topological polar surface area (TPSA) is 115 Å². The quantitative estimate of drug-likeness (QED) is 0.0734. The molecule has 0 saturated carbocycles. The Morgan fingerprint density at radius 2 is 1.93 bits per heavy atom. The molecule has 6 rings (SSSR count). The minimum atomic E-state index is -1.03. The Morgan fingerprint density at radius 1 is 1.12 bits per heavy atom. The number of anilines is 1. The van der Waals surface area contributed by atoms with E-state index in [2.05, 4.69) is 16.8 Å². The van der Waals surface area contributed by atoms with Gasteiger partial charge in [0.05, 0.1) is 18.7 Å². The Labute approximate surface area is 255 Å². The highest BCUT2D eigenvalue weighted by atomic mass is 32.2. The number of aromatic nitrogens is 2.